The zero-order chi connectivity index (χ0) is 19.1. The average Bonchev–Trinajstić information content (AvgIpc) is 2.59. The molecule has 0 aliphatic rings. The van der Waals surface area contributed by atoms with Crippen LogP contribution in [0.15, 0.2) is 51.4 Å². The molecule has 0 N–H and O–H groups in total. The van der Waals surface area contributed by atoms with Gasteiger partial charge in [-0.3, -0.25) is 0 Å². The Morgan fingerprint density at radius 3 is 2.54 bits per heavy atom. The standard InChI is InChI=1S/C19H18Br2O5/c1-12(2)10-25-19(23)13-4-3-5-15(8-13)26-18(22)11-24-17-7-6-14(20)9-16(17)21/h3-9,12H,10-11H2,1-2H3. The second-order valence-corrected chi connectivity index (χ2v) is 7.63. The Morgan fingerprint density at radius 2 is 1.85 bits per heavy atom. The minimum absolute atomic E-state index is 0.245. The van der Waals surface area contributed by atoms with Crippen LogP contribution < -0.4 is 9.47 Å². The van der Waals surface area contributed by atoms with Gasteiger partial charge in [-0.15, -0.1) is 0 Å². The van der Waals surface area contributed by atoms with Gasteiger partial charge in [-0.2, -0.15) is 0 Å². The molecule has 138 valence electrons. The molecule has 2 rings (SSSR count). The van der Waals surface area contributed by atoms with E-state index in [1.54, 1.807) is 30.3 Å². The van der Waals surface area contributed by atoms with Crippen LogP contribution in [-0.4, -0.2) is 25.2 Å². The van der Waals surface area contributed by atoms with Crippen molar-refractivity contribution in [3.63, 3.8) is 0 Å². The largest absolute Gasteiger partial charge is 0.481 e. The van der Waals surface area contributed by atoms with Crippen molar-refractivity contribution in [2.45, 2.75) is 13.8 Å². The van der Waals surface area contributed by atoms with Gasteiger partial charge in [0.1, 0.15) is 11.5 Å². The van der Waals surface area contributed by atoms with Gasteiger partial charge in [0.15, 0.2) is 6.61 Å². The third-order valence-electron chi connectivity index (χ3n) is 3.09. The lowest BCUT2D eigenvalue weighted by atomic mass is 10.2. The zero-order valence-corrected chi connectivity index (χ0v) is 17.5. The monoisotopic (exact) mass is 484 g/mol. The molecule has 0 atom stereocenters. The minimum Gasteiger partial charge on any atom is -0.481 e. The van der Waals surface area contributed by atoms with E-state index < -0.39 is 11.9 Å². The average molecular weight is 486 g/mol. The van der Waals surface area contributed by atoms with Crippen molar-refractivity contribution in [2.24, 2.45) is 5.92 Å². The summed E-state index contributed by atoms with van der Waals surface area (Å²) < 4.78 is 17.4. The molecular formula is C19H18Br2O5. The van der Waals surface area contributed by atoms with E-state index in [9.17, 15) is 9.59 Å². The smallest absolute Gasteiger partial charge is 0.349 e. The van der Waals surface area contributed by atoms with E-state index in [2.05, 4.69) is 31.9 Å². The number of ether oxygens (including phenoxy) is 3. The van der Waals surface area contributed by atoms with Crippen LogP contribution in [0.3, 0.4) is 0 Å². The van der Waals surface area contributed by atoms with Gasteiger partial charge in [0.05, 0.1) is 16.6 Å². The highest BCUT2D eigenvalue weighted by atomic mass is 79.9. The van der Waals surface area contributed by atoms with Crippen molar-refractivity contribution < 1.29 is 23.8 Å². The Labute approximate surface area is 168 Å². The summed E-state index contributed by atoms with van der Waals surface area (Å²) in [4.78, 5) is 23.9. The maximum atomic E-state index is 12.0. The van der Waals surface area contributed by atoms with E-state index in [4.69, 9.17) is 14.2 Å². The molecule has 0 aliphatic heterocycles. The highest BCUT2D eigenvalue weighted by Crippen LogP contribution is 2.28. The second-order valence-electron chi connectivity index (χ2n) is 5.86. The van der Waals surface area contributed by atoms with Gasteiger partial charge < -0.3 is 14.2 Å². The van der Waals surface area contributed by atoms with Crippen molar-refractivity contribution in [3.05, 3.63) is 57.0 Å². The quantitative estimate of drug-likeness (QED) is 0.407. The van der Waals surface area contributed by atoms with Crippen LogP contribution in [0.2, 0.25) is 0 Å². The number of benzene rings is 2. The molecule has 0 bridgehead atoms. The highest BCUT2D eigenvalue weighted by molar-refractivity contribution is 9.11. The van der Waals surface area contributed by atoms with E-state index in [1.165, 1.54) is 6.07 Å². The Balaban J connectivity index is 1.92. The maximum Gasteiger partial charge on any atom is 0.349 e. The molecule has 0 radical (unpaired) electrons. The second kappa shape index (κ2) is 9.73. The highest BCUT2D eigenvalue weighted by Gasteiger charge is 2.12. The summed E-state index contributed by atoms with van der Waals surface area (Å²) in [6.07, 6.45) is 0. The molecule has 0 unspecified atom stereocenters. The summed E-state index contributed by atoms with van der Waals surface area (Å²) in [5.41, 5.74) is 0.326. The van der Waals surface area contributed by atoms with Crippen LogP contribution in [0, 0.1) is 5.92 Å². The third kappa shape index (κ3) is 6.46. The van der Waals surface area contributed by atoms with Crippen molar-refractivity contribution >= 4 is 43.8 Å². The Morgan fingerprint density at radius 1 is 1.08 bits per heavy atom. The summed E-state index contributed by atoms with van der Waals surface area (Å²) >= 11 is 6.70. The Bertz CT molecular complexity index is 789. The lowest BCUT2D eigenvalue weighted by Crippen LogP contribution is -2.18. The number of esters is 2. The van der Waals surface area contributed by atoms with E-state index in [-0.39, 0.29) is 18.3 Å². The molecule has 0 aliphatic carbocycles. The zero-order valence-electron chi connectivity index (χ0n) is 14.3. The molecule has 0 saturated heterocycles. The first-order chi connectivity index (χ1) is 12.3. The van der Waals surface area contributed by atoms with Crippen LogP contribution in [-0.2, 0) is 9.53 Å². The van der Waals surface area contributed by atoms with E-state index in [0.717, 1.165) is 8.95 Å². The fourth-order valence-corrected chi connectivity index (χ4v) is 3.06. The summed E-state index contributed by atoms with van der Waals surface area (Å²) in [6, 6.07) is 11.6. The van der Waals surface area contributed by atoms with Crippen molar-refractivity contribution in [1.29, 1.82) is 0 Å². The fourth-order valence-electron chi connectivity index (χ4n) is 1.90. The molecule has 0 aromatic heterocycles. The first-order valence-electron chi connectivity index (χ1n) is 7.91. The topological polar surface area (TPSA) is 61.8 Å². The van der Waals surface area contributed by atoms with Gasteiger partial charge in [-0.25, -0.2) is 9.59 Å². The van der Waals surface area contributed by atoms with Gasteiger partial charge in [-0.1, -0.05) is 35.8 Å². The number of carbonyl (C=O) groups excluding carboxylic acids is 2. The van der Waals surface area contributed by atoms with E-state index >= 15 is 0 Å². The van der Waals surface area contributed by atoms with E-state index in [0.29, 0.717) is 17.9 Å². The summed E-state index contributed by atoms with van der Waals surface area (Å²) in [7, 11) is 0. The van der Waals surface area contributed by atoms with Crippen molar-refractivity contribution in [1.82, 2.24) is 0 Å². The lowest BCUT2D eigenvalue weighted by Gasteiger charge is -2.10. The number of carbonyl (C=O) groups is 2. The maximum absolute atomic E-state index is 12.0. The van der Waals surface area contributed by atoms with Gasteiger partial charge in [0, 0.05) is 4.47 Å². The normalized spacial score (nSPS) is 10.5. The van der Waals surface area contributed by atoms with Crippen LogP contribution in [0.4, 0.5) is 0 Å². The molecule has 0 spiro atoms. The molecule has 26 heavy (non-hydrogen) atoms. The third-order valence-corrected chi connectivity index (χ3v) is 4.20. The Hall–Kier alpha value is -1.86. The van der Waals surface area contributed by atoms with Crippen LogP contribution in [0.25, 0.3) is 0 Å². The number of halogens is 2. The fraction of sp³-hybridized carbons (Fsp3) is 0.263. The molecule has 0 saturated carbocycles. The Kier molecular flexibility index (Phi) is 7.66. The lowest BCUT2D eigenvalue weighted by molar-refractivity contribution is -0.136. The van der Waals surface area contributed by atoms with Crippen molar-refractivity contribution in [2.75, 3.05) is 13.2 Å². The van der Waals surface area contributed by atoms with Crippen LogP contribution in [0.1, 0.15) is 24.2 Å². The number of hydrogen-bond donors (Lipinski definition) is 0. The molecular weight excluding hydrogens is 468 g/mol. The minimum atomic E-state index is -0.576. The van der Waals surface area contributed by atoms with Gasteiger partial charge in [-0.05, 0) is 58.2 Å². The molecule has 0 fully saturated rings. The molecule has 7 heteroatoms. The summed E-state index contributed by atoms with van der Waals surface area (Å²) in [5, 5.41) is 0. The summed E-state index contributed by atoms with van der Waals surface area (Å²) in [5.74, 6) is -0.00201. The molecule has 0 heterocycles. The number of rotatable bonds is 7. The van der Waals surface area contributed by atoms with Gasteiger partial charge in [0.2, 0.25) is 0 Å². The number of hydrogen-bond acceptors (Lipinski definition) is 5. The summed E-state index contributed by atoms with van der Waals surface area (Å²) in [6.45, 7) is 3.98. The van der Waals surface area contributed by atoms with Gasteiger partial charge >= 0.3 is 11.9 Å². The van der Waals surface area contributed by atoms with Gasteiger partial charge in [0.25, 0.3) is 0 Å². The molecule has 5 nitrogen and oxygen atoms in total. The SMILES string of the molecule is CC(C)COC(=O)c1cccc(OC(=O)COc2ccc(Br)cc2Br)c1. The molecule has 0 amide bonds. The van der Waals surface area contributed by atoms with Crippen molar-refractivity contribution in [3.8, 4) is 11.5 Å². The first-order valence-corrected chi connectivity index (χ1v) is 9.49. The molecule has 2 aromatic carbocycles. The predicted molar refractivity (Wildman–Crippen MR) is 105 cm³/mol. The van der Waals surface area contributed by atoms with Crippen LogP contribution in [0.5, 0.6) is 11.5 Å². The first kappa shape index (κ1) is 20.5. The van der Waals surface area contributed by atoms with Crippen LogP contribution >= 0.6 is 31.9 Å². The molecule has 2 aromatic rings. The van der Waals surface area contributed by atoms with E-state index in [1.807, 2.05) is 19.9 Å². The predicted octanol–water partition coefficient (Wildman–Crippen LogP) is 5.01.